The number of nitrogens with one attached hydrogen (secondary N) is 1. The van der Waals surface area contributed by atoms with Crippen LogP contribution in [0.1, 0.15) is 6.42 Å². The second-order valence-electron chi connectivity index (χ2n) is 3.01. The molecule has 0 aromatic carbocycles. The summed E-state index contributed by atoms with van der Waals surface area (Å²) >= 11 is 0. The molecule has 1 atom stereocenters. The molecular weight excluding hydrogens is 174 g/mol. The van der Waals surface area contributed by atoms with Crippen molar-refractivity contribution in [2.75, 3.05) is 0 Å². The van der Waals surface area contributed by atoms with Gasteiger partial charge >= 0.3 is 0 Å². The van der Waals surface area contributed by atoms with Crippen LogP contribution >= 0.6 is 0 Å². The van der Waals surface area contributed by atoms with Gasteiger partial charge in [0.1, 0.15) is 0 Å². The Hall–Kier alpha value is -1.05. The fourth-order valence-corrected chi connectivity index (χ4v) is 1.30. The van der Waals surface area contributed by atoms with Crippen LogP contribution in [-0.2, 0) is 4.79 Å². The summed E-state index contributed by atoms with van der Waals surface area (Å²) in [6, 6.07) is 0.00741. The third-order valence-corrected chi connectivity index (χ3v) is 2.00. The second kappa shape index (κ2) is 5.63. The SMILES string of the molecule is C=CC[C@H](NC(=O)C=C)[C]1[CH][CH][CH][CH]1. The summed E-state index contributed by atoms with van der Waals surface area (Å²) in [4.78, 5) is 11.1. The maximum absolute atomic E-state index is 11.1. The van der Waals surface area contributed by atoms with Crippen molar-refractivity contribution < 1.29 is 4.79 Å². The minimum absolute atomic E-state index is 0.00741. The van der Waals surface area contributed by atoms with Crippen molar-refractivity contribution in [1.29, 1.82) is 0 Å². The van der Waals surface area contributed by atoms with Gasteiger partial charge in [0.15, 0.2) is 0 Å². The first-order chi connectivity index (χ1) is 6.77. The van der Waals surface area contributed by atoms with Crippen molar-refractivity contribution in [2.24, 2.45) is 0 Å². The molecule has 2 heteroatoms. The smallest absolute Gasteiger partial charge is 0.243 e. The molecule has 0 heterocycles. The van der Waals surface area contributed by atoms with Gasteiger partial charge in [-0.25, -0.2) is 0 Å². The molecule has 73 valence electrons. The highest BCUT2D eigenvalue weighted by atomic mass is 16.1. The van der Waals surface area contributed by atoms with E-state index in [-0.39, 0.29) is 11.9 Å². The van der Waals surface area contributed by atoms with E-state index in [9.17, 15) is 4.79 Å². The maximum atomic E-state index is 11.1. The fraction of sp³-hybridized carbons (Fsp3) is 0.167. The lowest BCUT2D eigenvalue weighted by atomic mass is 9.95. The molecule has 0 spiro atoms. The van der Waals surface area contributed by atoms with E-state index in [2.05, 4.69) is 18.5 Å². The Morgan fingerprint density at radius 3 is 2.57 bits per heavy atom. The number of carbonyl (C=O) groups excluding carboxylic acids is 1. The molecular formula is C12H14NO. The standard InChI is InChI=1S/C12H14NO/c1-3-7-11(13-12(14)4-2)10-8-5-6-9-10/h3-6,8-9,11H,1-2,7H2,(H,13,14)/t11-/m0/s1. The molecule has 5 radical (unpaired) electrons. The minimum atomic E-state index is -0.155. The molecule has 0 unspecified atom stereocenters. The molecule has 1 aliphatic carbocycles. The van der Waals surface area contributed by atoms with Crippen molar-refractivity contribution >= 4 is 5.91 Å². The highest BCUT2D eigenvalue weighted by molar-refractivity contribution is 5.87. The lowest BCUT2D eigenvalue weighted by Crippen LogP contribution is -2.37. The van der Waals surface area contributed by atoms with E-state index in [1.807, 2.05) is 25.7 Å². The Balaban J connectivity index is 2.48. The highest BCUT2D eigenvalue weighted by Crippen LogP contribution is 2.27. The van der Waals surface area contributed by atoms with E-state index in [0.717, 1.165) is 12.3 Å². The molecule has 1 amide bonds. The first-order valence-corrected chi connectivity index (χ1v) is 4.53. The number of amides is 1. The molecule has 1 rings (SSSR count). The van der Waals surface area contributed by atoms with Gasteiger partial charge in [-0.2, -0.15) is 0 Å². The average Bonchev–Trinajstić information content (AvgIpc) is 2.69. The predicted molar refractivity (Wildman–Crippen MR) is 57.4 cm³/mol. The molecule has 0 bridgehead atoms. The zero-order valence-electron chi connectivity index (χ0n) is 8.07. The van der Waals surface area contributed by atoms with Crippen LogP contribution in [0, 0.1) is 31.6 Å². The van der Waals surface area contributed by atoms with Crippen LogP contribution in [0.3, 0.4) is 0 Å². The van der Waals surface area contributed by atoms with Crippen molar-refractivity contribution in [3.8, 4) is 0 Å². The van der Waals surface area contributed by atoms with Gasteiger partial charge in [-0.1, -0.05) is 12.7 Å². The van der Waals surface area contributed by atoms with Crippen LogP contribution in [0.15, 0.2) is 25.3 Å². The highest BCUT2D eigenvalue weighted by Gasteiger charge is 2.26. The molecule has 0 aromatic heterocycles. The van der Waals surface area contributed by atoms with Crippen LogP contribution in [0.2, 0.25) is 0 Å². The summed E-state index contributed by atoms with van der Waals surface area (Å²) in [7, 11) is 0. The van der Waals surface area contributed by atoms with Crippen molar-refractivity contribution in [3.63, 3.8) is 0 Å². The zero-order valence-corrected chi connectivity index (χ0v) is 8.07. The van der Waals surface area contributed by atoms with Gasteiger partial charge in [0.05, 0.1) is 0 Å². The Morgan fingerprint density at radius 1 is 1.43 bits per heavy atom. The van der Waals surface area contributed by atoms with Gasteiger partial charge < -0.3 is 5.32 Å². The third-order valence-electron chi connectivity index (χ3n) is 2.00. The van der Waals surface area contributed by atoms with Gasteiger partial charge in [-0.3, -0.25) is 4.79 Å². The first-order valence-electron chi connectivity index (χ1n) is 4.53. The predicted octanol–water partition coefficient (Wildman–Crippen LogP) is 1.64. The minimum Gasteiger partial charge on any atom is -0.349 e. The van der Waals surface area contributed by atoms with E-state index in [1.54, 1.807) is 6.08 Å². The van der Waals surface area contributed by atoms with Gasteiger partial charge in [0, 0.05) is 12.0 Å². The molecule has 2 nitrogen and oxygen atoms in total. The number of hydrogen-bond donors (Lipinski definition) is 1. The van der Waals surface area contributed by atoms with Gasteiger partial charge in [0.2, 0.25) is 5.91 Å². The quantitative estimate of drug-likeness (QED) is 0.515. The molecule has 1 fully saturated rings. The van der Waals surface area contributed by atoms with E-state index in [0.29, 0.717) is 0 Å². The van der Waals surface area contributed by atoms with Crippen molar-refractivity contribution in [1.82, 2.24) is 5.32 Å². The Morgan fingerprint density at radius 2 is 2.07 bits per heavy atom. The van der Waals surface area contributed by atoms with E-state index in [1.165, 1.54) is 6.08 Å². The molecule has 1 aliphatic rings. The summed E-state index contributed by atoms with van der Waals surface area (Å²) in [5.74, 6) is 0.943. The molecule has 14 heavy (non-hydrogen) atoms. The van der Waals surface area contributed by atoms with Gasteiger partial charge in [0.25, 0.3) is 0 Å². The summed E-state index contributed by atoms with van der Waals surface area (Å²) in [6.45, 7) is 7.08. The Labute approximate surface area is 86.1 Å². The summed E-state index contributed by atoms with van der Waals surface area (Å²) in [5.41, 5.74) is 0. The topological polar surface area (TPSA) is 29.1 Å². The van der Waals surface area contributed by atoms with Crippen LogP contribution in [0.4, 0.5) is 0 Å². The number of hydrogen-bond acceptors (Lipinski definition) is 1. The van der Waals surface area contributed by atoms with Crippen molar-refractivity contribution in [3.05, 3.63) is 56.9 Å². The summed E-state index contributed by atoms with van der Waals surface area (Å²) < 4.78 is 0. The molecule has 0 aliphatic heterocycles. The normalized spacial score (nSPS) is 18.9. The maximum Gasteiger partial charge on any atom is 0.243 e. The van der Waals surface area contributed by atoms with Gasteiger partial charge in [-0.05, 0) is 38.2 Å². The summed E-state index contributed by atoms with van der Waals surface area (Å²) in [5, 5.41) is 2.84. The molecule has 1 N–H and O–H groups in total. The Kier molecular flexibility index (Phi) is 4.44. The third kappa shape index (κ3) is 3.02. The monoisotopic (exact) mass is 188 g/mol. The second-order valence-corrected chi connectivity index (χ2v) is 3.01. The van der Waals surface area contributed by atoms with Crippen molar-refractivity contribution in [2.45, 2.75) is 12.5 Å². The number of carbonyl (C=O) groups is 1. The van der Waals surface area contributed by atoms with Crippen LogP contribution < -0.4 is 5.32 Å². The van der Waals surface area contributed by atoms with Crippen LogP contribution in [0.25, 0.3) is 0 Å². The van der Waals surface area contributed by atoms with Gasteiger partial charge in [-0.15, -0.1) is 6.58 Å². The average molecular weight is 188 g/mol. The molecule has 0 aromatic rings. The largest absolute Gasteiger partial charge is 0.349 e. The lowest BCUT2D eigenvalue weighted by Gasteiger charge is -2.21. The lowest BCUT2D eigenvalue weighted by molar-refractivity contribution is -0.117. The Bertz CT molecular complexity index is 216. The molecule has 1 saturated carbocycles. The zero-order chi connectivity index (χ0) is 10.4. The van der Waals surface area contributed by atoms with Crippen LogP contribution in [0.5, 0.6) is 0 Å². The van der Waals surface area contributed by atoms with Crippen LogP contribution in [-0.4, -0.2) is 11.9 Å². The van der Waals surface area contributed by atoms with E-state index >= 15 is 0 Å². The number of rotatable bonds is 5. The van der Waals surface area contributed by atoms with E-state index < -0.39 is 0 Å². The first kappa shape index (κ1) is 11.0. The van der Waals surface area contributed by atoms with E-state index in [4.69, 9.17) is 0 Å². The fourth-order valence-electron chi connectivity index (χ4n) is 1.30. The summed E-state index contributed by atoms with van der Waals surface area (Å²) in [6.07, 6.45) is 11.7. The molecule has 0 saturated heterocycles.